The van der Waals surface area contributed by atoms with Gasteiger partial charge in [0.1, 0.15) is 17.8 Å². The molecule has 1 saturated heterocycles. The Morgan fingerprint density at radius 3 is 2.75 bits per heavy atom. The number of nitrogens with two attached hydrogens (primary N) is 2. The van der Waals surface area contributed by atoms with Crippen LogP contribution in [0.4, 0.5) is 0 Å². The molecule has 212 valence electrons. The number of aliphatic hydroxyl groups is 2. The van der Waals surface area contributed by atoms with E-state index in [4.69, 9.17) is 16.2 Å². The van der Waals surface area contributed by atoms with Crippen LogP contribution in [0.15, 0.2) is 45.7 Å². The molecule has 2 aromatic rings. The van der Waals surface area contributed by atoms with Crippen LogP contribution in [-0.4, -0.2) is 88.1 Å². The third kappa shape index (κ3) is 3.81. The van der Waals surface area contributed by atoms with E-state index in [0.717, 1.165) is 12.0 Å². The molecule has 1 spiro atoms. The van der Waals surface area contributed by atoms with E-state index in [1.165, 1.54) is 16.2 Å². The summed E-state index contributed by atoms with van der Waals surface area (Å²) in [6, 6.07) is 5.92. The van der Waals surface area contributed by atoms with E-state index in [0.29, 0.717) is 22.8 Å². The number of para-hydroxylation sites is 1. The van der Waals surface area contributed by atoms with Gasteiger partial charge in [-0.25, -0.2) is 9.98 Å². The predicted octanol–water partition coefficient (Wildman–Crippen LogP) is -0.987. The lowest BCUT2D eigenvalue weighted by Gasteiger charge is -2.49. The van der Waals surface area contributed by atoms with Crippen molar-refractivity contribution < 1.29 is 24.5 Å². The first-order chi connectivity index (χ1) is 19.0. The van der Waals surface area contributed by atoms with E-state index in [9.17, 15) is 19.8 Å². The minimum atomic E-state index is -2.59. The molecule has 4 atom stereocenters. The lowest BCUT2D eigenvalue weighted by molar-refractivity contribution is -0.230. The molecule has 0 radical (unpaired) electrons. The van der Waals surface area contributed by atoms with Crippen LogP contribution in [0.1, 0.15) is 45.9 Å². The maximum atomic E-state index is 13.6. The van der Waals surface area contributed by atoms with Crippen molar-refractivity contribution in [3.63, 3.8) is 0 Å². The maximum Gasteiger partial charge on any atom is 0.261 e. The Bertz CT molecular complexity index is 1420. The average Bonchev–Trinajstić information content (AvgIpc) is 3.61. The fraction of sp³-hybridized carbons (Fsp3) is 0.462. The van der Waals surface area contributed by atoms with Crippen LogP contribution in [0.25, 0.3) is 0 Å². The molecule has 9 N–H and O–H groups in total. The third-order valence-corrected chi connectivity index (χ3v) is 9.15. The first-order valence-corrected chi connectivity index (χ1v) is 13.9. The van der Waals surface area contributed by atoms with Crippen molar-refractivity contribution in [2.45, 2.75) is 55.3 Å². The molecule has 14 heteroatoms. The first-order valence-electron chi connectivity index (χ1n) is 13.0. The monoisotopic (exact) mass is 568 g/mol. The third-order valence-electron chi connectivity index (χ3n) is 8.29. The molecule has 5 heterocycles. The molecule has 6 rings (SSSR count). The summed E-state index contributed by atoms with van der Waals surface area (Å²) in [7, 11) is 0. The van der Waals surface area contributed by atoms with Crippen molar-refractivity contribution in [2.24, 2.45) is 21.5 Å². The zero-order chi connectivity index (χ0) is 28.4. The largest absolute Gasteiger partial charge is 0.492 e. The molecule has 2 amide bonds. The van der Waals surface area contributed by atoms with Gasteiger partial charge in [-0.2, -0.15) is 0 Å². The van der Waals surface area contributed by atoms with Crippen molar-refractivity contribution in [3.05, 3.63) is 51.7 Å². The number of nitrogens with zero attached hydrogens (tertiary/aromatic N) is 3. The van der Waals surface area contributed by atoms with E-state index < -0.39 is 35.5 Å². The lowest BCUT2D eigenvalue weighted by Crippen LogP contribution is -2.78. The summed E-state index contributed by atoms with van der Waals surface area (Å²) in [6.07, 6.45) is 0.809. The fourth-order valence-corrected chi connectivity index (χ4v) is 6.77. The van der Waals surface area contributed by atoms with Crippen molar-refractivity contribution in [2.75, 3.05) is 19.7 Å². The van der Waals surface area contributed by atoms with Crippen molar-refractivity contribution in [1.82, 2.24) is 20.9 Å². The molecular formula is C26H32N8O5S. The minimum Gasteiger partial charge on any atom is -0.492 e. The van der Waals surface area contributed by atoms with Crippen LogP contribution >= 0.6 is 11.3 Å². The molecule has 4 aliphatic heterocycles. The Kier molecular flexibility index (Phi) is 5.98. The van der Waals surface area contributed by atoms with Crippen LogP contribution in [0.2, 0.25) is 0 Å². The number of amides is 2. The van der Waals surface area contributed by atoms with Gasteiger partial charge in [0.15, 0.2) is 17.6 Å². The van der Waals surface area contributed by atoms with Gasteiger partial charge in [-0.05, 0) is 29.3 Å². The highest BCUT2D eigenvalue weighted by Gasteiger charge is 2.73. The standard InChI is InChI=1S/C26H32N8O5S/c1-24(2)8-9-39-18-13(5-3-6-14(18)24)20(35)31-17-12-34-23(28)30-15(11-29-21(36)16-7-4-10-40-16)19-25(34,26(17,37)38)33-22(27)32-19/h3-7,10,15,17,19,37-38H,8-9,11-12H2,1-2H3,(H2,28,30)(H,29,36)(H,31,35)(H3,27,32,33). The Morgan fingerprint density at radius 1 is 1.20 bits per heavy atom. The van der Waals surface area contributed by atoms with Gasteiger partial charge in [-0.15, -0.1) is 11.3 Å². The topological polar surface area (TPSA) is 200 Å². The summed E-state index contributed by atoms with van der Waals surface area (Å²) >= 11 is 1.29. The van der Waals surface area contributed by atoms with Crippen LogP contribution in [0, 0.1) is 0 Å². The number of aliphatic imine (C=N–C) groups is 2. The summed E-state index contributed by atoms with van der Waals surface area (Å²) in [5.41, 5.74) is 11.7. The zero-order valence-electron chi connectivity index (χ0n) is 22.0. The van der Waals surface area contributed by atoms with Crippen LogP contribution in [0.5, 0.6) is 5.75 Å². The number of carbonyl (C=O) groups is 2. The summed E-state index contributed by atoms with van der Waals surface area (Å²) < 4.78 is 5.89. The molecule has 4 aliphatic rings. The van der Waals surface area contributed by atoms with Crippen LogP contribution < -0.4 is 32.2 Å². The SMILES string of the molecule is CC1(C)CCOc2c(C(=O)NC3CN4C(N)=NC(CNC(=O)c5cccs5)C5N=C(N)NC54C3(O)O)cccc21. The number of nitrogens with one attached hydrogen (secondary N) is 3. The van der Waals surface area contributed by atoms with Gasteiger partial charge in [-0.3, -0.25) is 9.59 Å². The number of thiophene rings is 1. The van der Waals surface area contributed by atoms with Crippen LogP contribution in [0.3, 0.4) is 0 Å². The second-order valence-corrected chi connectivity index (χ2v) is 12.1. The van der Waals surface area contributed by atoms with Crippen molar-refractivity contribution in [3.8, 4) is 5.75 Å². The first kappa shape index (κ1) is 26.3. The molecular weight excluding hydrogens is 536 g/mol. The lowest BCUT2D eigenvalue weighted by atomic mass is 9.79. The maximum absolute atomic E-state index is 13.6. The van der Waals surface area contributed by atoms with Gasteiger partial charge in [0.25, 0.3) is 11.8 Å². The summed E-state index contributed by atoms with van der Waals surface area (Å²) in [6.45, 7) is 4.58. The number of hydrogen-bond donors (Lipinski definition) is 7. The summed E-state index contributed by atoms with van der Waals surface area (Å²) in [4.78, 5) is 37.0. The number of guanidine groups is 2. The Hall–Kier alpha value is -3.88. The van der Waals surface area contributed by atoms with Gasteiger partial charge < -0.3 is 47.3 Å². The van der Waals surface area contributed by atoms with Crippen molar-refractivity contribution >= 4 is 35.1 Å². The molecule has 0 aliphatic carbocycles. The fourth-order valence-electron chi connectivity index (χ4n) is 6.13. The molecule has 0 saturated carbocycles. The number of carbonyl (C=O) groups excluding carboxylic acids is 2. The van der Waals surface area contributed by atoms with E-state index in [1.54, 1.807) is 29.6 Å². The highest BCUT2D eigenvalue weighted by molar-refractivity contribution is 7.12. The number of hydrogen-bond acceptors (Lipinski definition) is 12. The quantitative estimate of drug-likeness (QED) is 0.221. The summed E-state index contributed by atoms with van der Waals surface area (Å²) in [5, 5.41) is 33.7. The number of benzene rings is 1. The van der Waals surface area contributed by atoms with Crippen molar-refractivity contribution in [1.29, 1.82) is 0 Å². The average molecular weight is 569 g/mol. The molecule has 40 heavy (non-hydrogen) atoms. The Balaban J connectivity index is 1.27. The molecule has 1 fully saturated rings. The van der Waals surface area contributed by atoms with E-state index in [2.05, 4.69) is 39.8 Å². The Morgan fingerprint density at radius 2 is 2.00 bits per heavy atom. The number of rotatable bonds is 5. The smallest absolute Gasteiger partial charge is 0.261 e. The molecule has 1 aromatic carbocycles. The van der Waals surface area contributed by atoms with Gasteiger partial charge in [0.05, 0.1) is 23.1 Å². The molecule has 4 unspecified atom stereocenters. The highest BCUT2D eigenvalue weighted by Crippen LogP contribution is 2.45. The van der Waals surface area contributed by atoms with Gasteiger partial charge in [-0.1, -0.05) is 32.0 Å². The van der Waals surface area contributed by atoms with Gasteiger partial charge >= 0.3 is 0 Å². The normalized spacial score (nSPS) is 29.1. The van der Waals surface area contributed by atoms with Gasteiger partial charge in [0.2, 0.25) is 5.79 Å². The zero-order valence-corrected chi connectivity index (χ0v) is 22.9. The van der Waals surface area contributed by atoms with Crippen LogP contribution in [-0.2, 0) is 5.41 Å². The van der Waals surface area contributed by atoms with E-state index in [1.807, 2.05) is 6.07 Å². The molecule has 1 aromatic heterocycles. The van der Waals surface area contributed by atoms with E-state index in [-0.39, 0.29) is 36.3 Å². The Labute approximate surface area is 234 Å². The number of ether oxygens (including phenoxy) is 1. The van der Waals surface area contributed by atoms with E-state index >= 15 is 0 Å². The van der Waals surface area contributed by atoms with Gasteiger partial charge in [0, 0.05) is 18.7 Å². The number of fused-ring (bicyclic) bond motifs is 1. The molecule has 13 nitrogen and oxygen atoms in total. The predicted molar refractivity (Wildman–Crippen MR) is 148 cm³/mol. The highest BCUT2D eigenvalue weighted by atomic mass is 32.1. The minimum absolute atomic E-state index is 0.00424. The second kappa shape index (κ2) is 9.08. The molecule has 0 bridgehead atoms. The second-order valence-electron chi connectivity index (χ2n) is 11.1. The summed E-state index contributed by atoms with van der Waals surface area (Å²) in [5.74, 6) is -2.97.